The summed E-state index contributed by atoms with van der Waals surface area (Å²) in [5.74, 6) is 0. The zero-order chi connectivity index (χ0) is 9.61. The first-order valence-corrected chi connectivity index (χ1v) is 3.93. The van der Waals surface area contributed by atoms with Gasteiger partial charge in [0.1, 0.15) is 5.69 Å². The Morgan fingerprint density at radius 2 is 1.83 bits per heavy atom. The molecule has 0 unspecified atom stereocenters. The average Bonchev–Trinajstić information content (AvgIpc) is 2.08. The molecular formula is C7H8F3NS. The maximum absolute atomic E-state index is 11.7. The zero-order valence-corrected chi connectivity index (χ0v) is 7.23. The molecule has 0 atom stereocenters. The average molecular weight is 195 g/mol. The first kappa shape index (κ1) is 11.3. The molecule has 1 heterocycles. The van der Waals surface area contributed by atoms with Crippen molar-refractivity contribution in [2.24, 2.45) is 0 Å². The summed E-state index contributed by atoms with van der Waals surface area (Å²) in [4.78, 5) is 3.12. The second kappa shape index (κ2) is 5.03. The SMILES string of the molecule is CS.FC(F)(F)c1ccccn1. The van der Waals surface area contributed by atoms with Crippen LogP contribution < -0.4 is 0 Å². The normalized spacial score (nSPS) is 10.1. The van der Waals surface area contributed by atoms with Crippen molar-refractivity contribution in [1.82, 2.24) is 4.98 Å². The summed E-state index contributed by atoms with van der Waals surface area (Å²) in [7, 11) is 0. The second-order valence-electron chi connectivity index (χ2n) is 1.71. The number of aromatic nitrogens is 1. The highest BCUT2D eigenvalue weighted by molar-refractivity contribution is 7.79. The number of hydrogen-bond donors (Lipinski definition) is 1. The van der Waals surface area contributed by atoms with Crippen LogP contribution in [-0.2, 0) is 6.18 Å². The van der Waals surface area contributed by atoms with Crippen LogP contribution >= 0.6 is 12.6 Å². The summed E-state index contributed by atoms with van der Waals surface area (Å²) >= 11 is 3.53. The first-order valence-electron chi connectivity index (χ1n) is 3.03. The van der Waals surface area contributed by atoms with Crippen molar-refractivity contribution in [3.63, 3.8) is 0 Å². The van der Waals surface area contributed by atoms with Gasteiger partial charge in [0.05, 0.1) is 0 Å². The van der Waals surface area contributed by atoms with Gasteiger partial charge in [0.25, 0.3) is 0 Å². The van der Waals surface area contributed by atoms with Gasteiger partial charge < -0.3 is 0 Å². The summed E-state index contributed by atoms with van der Waals surface area (Å²) in [6.07, 6.45) is -1.51. The number of halogens is 3. The molecule has 0 fully saturated rings. The molecule has 1 rings (SSSR count). The molecule has 0 saturated heterocycles. The van der Waals surface area contributed by atoms with E-state index in [0.717, 1.165) is 12.3 Å². The predicted molar refractivity (Wildman–Crippen MR) is 44.1 cm³/mol. The molecule has 0 N–H and O–H groups in total. The lowest BCUT2D eigenvalue weighted by molar-refractivity contribution is -0.141. The second-order valence-corrected chi connectivity index (χ2v) is 1.71. The van der Waals surface area contributed by atoms with Crippen LogP contribution in [0, 0.1) is 0 Å². The van der Waals surface area contributed by atoms with Gasteiger partial charge in [-0.25, -0.2) is 0 Å². The zero-order valence-electron chi connectivity index (χ0n) is 6.34. The van der Waals surface area contributed by atoms with Gasteiger partial charge in [-0.15, -0.1) is 0 Å². The van der Waals surface area contributed by atoms with E-state index in [1.807, 2.05) is 0 Å². The highest BCUT2D eigenvalue weighted by atomic mass is 32.1. The number of nitrogens with zero attached hydrogens (tertiary/aromatic N) is 1. The molecule has 1 nitrogen and oxygen atoms in total. The number of rotatable bonds is 0. The Morgan fingerprint density at radius 3 is 2.08 bits per heavy atom. The summed E-state index contributed by atoms with van der Waals surface area (Å²) < 4.78 is 35.2. The van der Waals surface area contributed by atoms with Gasteiger partial charge in [-0.1, -0.05) is 6.07 Å². The quantitative estimate of drug-likeness (QED) is 0.628. The third-order valence-corrected chi connectivity index (χ3v) is 0.955. The van der Waals surface area contributed by atoms with Crippen LogP contribution in [0.1, 0.15) is 5.69 Å². The van der Waals surface area contributed by atoms with Crippen molar-refractivity contribution >= 4 is 12.6 Å². The lowest BCUT2D eigenvalue weighted by Gasteiger charge is -2.02. The lowest BCUT2D eigenvalue weighted by Crippen LogP contribution is -2.06. The molecule has 0 aliphatic rings. The Balaban J connectivity index is 0.000000561. The van der Waals surface area contributed by atoms with Gasteiger partial charge in [0.2, 0.25) is 0 Å². The fraction of sp³-hybridized carbons (Fsp3) is 0.286. The van der Waals surface area contributed by atoms with Crippen molar-refractivity contribution in [3.8, 4) is 0 Å². The van der Waals surface area contributed by atoms with Crippen molar-refractivity contribution in [2.75, 3.05) is 6.26 Å². The molecule has 1 aromatic rings. The lowest BCUT2D eigenvalue weighted by atomic mass is 10.3. The molecule has 0 radical (unpaired) electrons. The molecule has 0 bridgehead atoms. The van der Waals surface area contributed by atoms with Crippen molar-refractivity contribution < 1.29 is 13.2 Å². The third kappa shape index (κ3) is 3.61. The molecule has 68 valence electrons. The van der Waals surface area contributed by atoms with Gasteiger partial charge in [0.15, 0.2) is 0 Å². The topological polar surface area (TPSA) is 12.9 Å². The molecule has 0 aliphatic carbocycles. The van der Waals surface area contributed by atoms with Crippen LogP contribution in [0.25, 0.3) is 0 Å². The molecule has 1 aromatic heterocycles. The Hall–Kier alpha value is -0.710. The summed E-state index contributed by atoms with van der Waals surface area (Å²) in [6, 6.07) is 3.67. The maximum atomic E-state index is 11.7. The molecule has 0 spiro atoms. The van der Waals surface area contributed by atoms with E-state index in [1.165, 1.54) is 12.1 Å². The van der Waals surface area contributed by atoms with Crippen molar-refractivity contribution in [1.29, 1.82) is 0 Å². The van der Waals surface area contributed by atoms with E-state index >= 15 is 0 Å². The monoisotopic (exact) mass is 195 g/mol. The highest BCUT2D eigenvalue weighted by Gasteiger charge is 2.31. The van der Waals surface area contributed by atoms with E-state index in [-0.39, 0.29) is 0 Å². The van der Waals surface area contributed by atoms with E-state index < -0.39 is 11.9 Å². The summed E-state index contributed by atoms with van der Waals surface area (Å²) in [6.45, 7) is 0. The van der Waals surface area contributed by atoms with E-state index in [4.69, 9.17) is 0 Å². The standard InChI is InChI=1S/C6H4F3N.CH4S/c7-6(8,9)5-3-1-2-4-10-5;1-2/h1-4H;2H,1H3. The smallest absolute Gasteiger partial charge is 0.252 e. The minimum absolute atomic E-state index is 0.852. The number of alkyl halides is 3. The van der Waals surface area contributed by atoms with Gasteiger partial charge in [-0.3, -0.25) is 4.98 Å². The fourth-order valence-corrected chi connectivity index (χ4v) is 0.530. The van der Waals surface area contributed by atoms with Crippen LogP contribution in [-0.4, -0.2) is 11.2 Å². The molecule has 12 heavy (non-hydrogen) atoms. The molecule has 0 saturated carbocycles. The Bertz CT molecular complexity index is 210. The highest BCUT2D eigenvalue weighted by Crippen LogP contribution is 2.26. The summed E-state index contributed by atoms with van der Waals surface area (Å²) in [5, 5.41) is 0. The Kier molecular flexibility index (Phi) is 4.73. The first-order chi connectivity index (χ1) is 5.61. The predicted octanol–water partition coefficient (Wildman–Crippen LogP) is 2.65. The maximum Gasteiger partial charge on any atom is 0.433 e. The van der Waals surface area contributed by atoms with Gasteiger partial charge in [-0.2, -0.15) is 25.8 Å². The Morgan fingerprint density at radius 1 is 1.25 bits per heavy atom. The van der Waals surface area contributed by atoms with E-state index in [1.54, 1.807) is 6.26 Å². The Labute approximate surface area is 74.0 Å². The number of pyridine rings is 1. The van der Waals surface area contributed by atoms with E-state index in [9.17, 15) is 13.2 Å². The number of thiol groups is 1. The van der Waals surface area contributed by atoms with Crippen molar-refractivity contribution in [3.05, 3.63) is 30.1 Å². The fourth-order valence-electron chi connectivity index (χ4n) is 0.530. The molecular weight excluding hydrogens is 187 g/mol. The third-order valence-electron chi connectivity index (χ3n) is 0.955. The van der Waals surface area contributed by atoms with Crippen LogP contribution in [0.3, 0.4) is 0 Å². The minimum Gasteiger partial charge on any atom is -0.252 e. The molecule has 0 aliphatic heterocycles. The molecule has 5 heteroatoms. The van der Waals surface area contributed by atoms with Gasteiger partial charge in [0, 0.05) is 6.20 Å². The van der Waals surface area contributed by atoms with Crippen LogP contribution in [0.4, 0.5) is 13.2 Å². The van der Waals surface area contributed by atoms with Crippen LogP contribution in [0.2, 0.25) is 0 Å². The molecule has 0 amide bonds. The summed E-state index contributed by atoms with van der Waals surface area (Å²) in [5.41, 5.74) is -0.852. The van der Waals surface area contributed by atoms with Crippen molar-refractivity contribution in [2.45, 2.75) is 6.18 Å². The van der Waals surface area contributed by atoms with Gasteiger partial charge >= 0.3 is 6.18 Å². The largest absolute Gasteiger partial charge is 0.433 e. The van der Waals surface area contributed by atoms with Crippen LogP contribution in [0.5, 0.6) is 0 Å². The van der Waals surface area contributed by atoms with E-state index in [2.05, 4.69) is 17.6 Å². The number of hydrogen-bond acceptors (Lipinski definition) is 2. The van der Waals surface area contributed by atoms with E-state index in [0.29, 0.717) is 0 Å². The van der Waals surface area contributed by atoms with Crippen LogP contribution in [0.15, 0.2) is 24.4 Å². The minimum atomic E-state index is -4.32. The molecule has 0 aromatic carbocycles. The van der Waals surface area contributed by atoms with Gasteiger partial charge in [-0.05, 0) is 18.4 Å².